The van der Waals surface area contributed by atoms with Crippen LogP contribution >= 0.6 is 12.2 Å². The molecule has 0 spiro atoms. The lowest BCUT2D eigenvalue weighted by Crippen LogP contribution is -2.26. The van der Waals surface area contributed by atoms with Gasteiger partial charge in [-0.3, -0.25) is 5.43 Å². The van der Waals surface area contributed by atoms with Gasteiger partial charge in [-0.2, -0.15) is 5.10 Å². The Balaban J connectivity index is 2.09. The van der Waals surface area contributed by atoms with E-state index in [4.69, 9.17) is 21.7 Å². The number of carboxylic acid groups (broad SMARTS) is 1. The molecule has 0 amide bonds. The van der Waals surface area contributed by atoms with Gasteiger partial charge in [0.15, 0.2) is 16.6 Å². The molecule has 2 rings (SSSR count). The maximum absolute atomic E-state index is 11.5. The lowest BCUT2D eigenvalue weighted by Gasteiger charge is -2.15. The lowest BCUT2D eigenvalue weighted by atomic mass is 10.0. The molecule has 0 aliphatic heterocycles. The fourth-order valence-electron chi connectivity index (χ4n) is 2.53. The van der Waals surface area contributed by atoms with Gasteiger partial charge in [-0.25, -0.2) is 0 Å². The molecule has 8 heteroatoms. The minimum Gasteiger partial charge on any atom is -0.545 e. The number of carboxylic acids is 1. The summed E-state index contributed by atoms with van der Waals surface area (Å²) in [6, 6.07) is 11.0. The largest absolute Gasteiger partial charge is 0.545 e. The van der Waals surface area contributed by atoms with Crippen LogP contribution in [0.2, 0.25) is 0 Å². The second kappa shape index (κ2) is 9.70. The number of hydrogen-bond donors (Lipinski definition) is 2. The van der Waals surface area contributed by atoms with Crippen molar-refractivity contribution >= 4 is 35.2 Å². The molecule has 2 aromatic rings. The summed E-state index contributed by atoms with van der Waals surface area (Å²) >= 11 is 5.20. The van der Waals surface area contributed by atoms with Crippen LogP contribution in [0.25, 0.3) is 0 Å². The summed E-state index contributed by atoms with van der Waals surface area (Å²) < 4.78 is 10.2. The predicted octanol–water partition coefficient (Wildman–Crippen LogP) is 2.51. The highest BCUT2D eigenvalue weighted by molar-refractivity contribution is 7.80. The third-order valence-electron chi connectivity index (χ3n) is 3.99. The van der Waals surface area contributed by atoms with Crippen molar-refractivity contribution in [1.29, 1.82) is 0 Å². The van der Waals surface area contributed by atoms with Gasteiger partial charge in [-0.15, -0.1) is 0 Å². The summed E-state index contributed by atoms with van der Waals surface area (Å²) in [6.45, 7) is 4.25. The third-order valence-corrected chi connectivity index (χ3v) is 4.18. The van der Waals surface area contributed by atoms with Gasteiger partial charge in [-0.1, -0.05) is 26.0 Å². The standard InChI is InChI=1S/C20H23N3O4S/c1-12(2)13-5-8-15(9-6-13)22-20(28)23-21-11-14-7-10-16(26-3)18(27-4)17(14)19(24)25/h5-12H,1-4H3,(H,24,25)(H2,22,23,28)/p-1/b21-11-. The molecule has 0 aromatic heterocycles. The molecule has 28 heavy (non-hydrogen) atoms. The molecule has 0 radical (unpaired) electrons. The normalized spacial score (nSPS) is 10.8. The van der Waals surface area contributed by atoms with E-state index in [1.807, 2.05) is 24.3 Å². The first-order valence-electron chi connectivity index (χ1n) is 8.53. The van der Waals surface area contributed by atoms with Crippen molar-refractivity contribution in [2.24, 2.45) is 5.10 Å². The van der Waals surface area contributed by atoms with E-state index >= 15 is 0 Å². The van der Waals surface area contributed by atoms with Crippen molar-refractivity contribution in [1.82, 2.24) is 5.43 Å². The summed E-state index contributed by atoms with van der Waals surface area (Å²) in [7, 11) is 2.77. The van der Waals surface area contributed by atoms with E-state index < -0.39 is 5.97 Å². The number of nitrogens with zero attached hydrogens (tertiary/aromatic N) is 1. The second-order valence-electron chi connectivity index (χ2n) is 6.15. The molecule has 0 fully saturated rings. The smallest absolute Gasteiger partial charge is 0.191 e. The van der Waals surface area contributed by atoms with Crippen molar-refractivity contribution in [3.63, 3.8) is 0 Å². The Morgan fingerprint density at radius 3 is 2.36 bits per heavy atom. The zero-order valence-electron chi connectivity index (χ0n) is 16.1. The quantitative estimate of drug-likeness (QED) is 0.419. The maximum atomic E-state index is 11.5. The van der Waals surface area contributed by atoms with Gasteiger partial charge in [0.2, 0.25) is 0 Å². The lowest BCUT2D eigenvalue weighted by molar-refractivity contribution is -0.255. The molecule has 0 atom stereocenters. The summed E-state index contributed by atoms with van der Waals surface area (Å²) in [5.41, 5.74) is 4.83. The number of hydrogen-bond acceptors (Lipinski definition) is 6. The minimum absolute atomic E-state index is 0.0670. The van der Waals surface area contributed by atoms with E-state index in [2.05, 4.69) is 29.7 Å². The molecule has 7 nitrogen and oxygen atoms in total. The molecule has 0 unspecified atom stereocenters. The number of hydrazone groups is 1. The third kappa shape index (κ3) is 5.20. The van der Waals surface area contributed by atoms with Gasteiger partial charge >= 0.3 is 0 Å². The Labute approximate surface area is 169 Å². The minimum atomic E-state index is -1.40. The van der Waals surface area contributed by atoms with Crippen LogP contribution in [0.1, 0.15) is 41.3 Å². The highest BCUT2D eigenvalue weighted by Crippen LogP contribution is 2.32. The monoisotopic (exact) mass is 400 g/mol. The van der Waals surface area contributed by atoms with Crippen LogP contribution < -0.4 is 25.3 Å². The first-order chi connectivity index (χ1) is 13.4. The molecular formula is C20H22N3O4S-. The number of nitrogens with one attached hydrogen (secondary N) is 2. The van der Waals surface area contributed by atoms with Crippen LogP contribution in [-0.2, 0) is 0 Å². The number of ether oxygens (including phenoxy) is 2. The SMILES string of the molecule is COc1ccc(/C=N\NC(=S)Nc2ccc(C(C)C)cc2)c(C(=O)[O-])c1OC. The first-order valence-corrected chi connectivity index (χ1v) is 8.94. The van der Waals surface area contributed by atoms with Crippen molar-refractivity contribution in [3.8, 4) is 11.5 Å². The Kier molecular flexibility index (Phi) is 7.34. The van der Waals surface area contributed by atoms with Crippen LogP contribution in [0.5, 0.6) is 11.5 Å². The van der Waals surface area contributed by atoms with Crippen molar-refractivity contribution in [2.75, 3.05) is 19.5 Å². The van der Waals surface area contributed by atoms with Gasteiger partial charge in [0.25, 0.3) is 0 Å². The summed E-state index contributed by atoms with van der Waals surface area (Å²) in [6.07, 6.45) is 1.32. The van der Waals surface area contributed by atoms with Gasteiger partial charge in [0.1, 0.15) is 0 Å². The number of carbonyl (C=O) groups is 1. The van der Waals surface area contributed by atoms with Crippen molar-refractivity contribution in [3.05, 3.63) is 53.1 Å². The molecule has 0 saturated heterocycles. The molecule has 0 bridgehead atoms. The number of rotatable bonds is 7. The first kappa shape index (κ1) is 21.2. The number of anilines is 1. The predicted molar refractivity (Wildman–Crippen MR) is 111 cm³/mol. The van der Waals surface area contributed by atoms with Crippen LogP contribution in [-0.4, -0.2) is 31.5 Å². The average molecular weight is 400 g/mol. The van der Waals surface area contributed by atoms with Crippen molar-refractivity contribution < 1.29 is 19.4 Å². The van der Waals surface area contributed by atoms with Gasteiger partial charge < -0.3 is 24.7 Å². The highest BCUT2D eigenvalue weighted by atomic mass is 32.1. The maximum Gasteiger partial charge on any atom is 0.191 e. The zero-order chi connectivity index (χ0) is 20.7. The van der Waals surface area contributed by atoms with Crippen LogP contribution in [0.15, 0.2) is 41.5 Å². The topological polar surface area (TPSA) is 95.0 Å². The van der Waals surface area contributed by atoms with Crippen LogP contribution in [0.4, 0.5) is 5.69 Å². The Morgan fingerprint density at radius 1 is 1.14 bits per heavy atom. The van der Waals surface area contributed by atoms with Gasteiger partial charge in [-0.05, 0) is 48.0 Å². The Morgan fingerprint density at radius 2 is 1.82 bits per heavy atom. The molecular weight excluding hydrogens is 378 g/mol. The fraction of sp³-hybridized carbons (Fsp3) is 0.250. The zero-order valence-corrected chi connectivity index (χ0v) is 16.9. The molecule has 2 aromatic carbocycles. The van der Waals surface area contributed by atoms with Crippen molar-refractivity contribution in [2.45, 2.75) is 19.8 Å². The summed E-state index contributed by atoms with van der Waals surface area (Å²) in [5, 5.41) is 18.8. The van der Waals surface area contributed by atoms with Gasteiger partial charge in [0, 0.05) is 11.3 Å². The van der Waals surface area contributed by atoms with Gasteiger partial charge in [0.05, 0.1) is 32.0 Å². The number of carbonyl (C=O) groups excluding carboxylic acids is 1. The molecule has 0 saturated carbocycles. The van der Waals surface area contributed by atoms with Crippen LogP contribution in [0.3, 0.4) is 0 Å². The molecule has 0 heterocycles. The molecule has 0 aliphatic carbocycles. The highest BCUT2D eigenvalue weighted by Gasteiger charge is 2.15. The van der Waals surface area contributed by atoms with E-state index in [9.17, 15) is 9.90 Å². The Bertz CT molecular complexity index is 880. The van der Waals surface area contributed by atoms with E-state index in [1.165, 1.54) is 26.0 Å². The van der Waals surface area contributed by atoms with E-state index in [-0.39, 0.29) is 27.7 Å². The summed E-state index contributed by atoms with van der Waals surface area (Å²) in [4.78, 5) is 11.5. The molecule has 2 N–H and O–H groups in total. The van der Waals surface area contributed by atoms with E-state index in [0.29, 0.717) is 5.92 Å². The average Bonchev–Trinajstić information content (AvgIpc) is 2.67. The number of methoxy groups -OCH3 is 2. The number of thiocarbonyl (C=S) groups is 1. The fourth-order valence-corrected chi connectivity index (χ4v) is 2.70. The Hall–Kier alpha value is -3.13. The molecule has 148 valence electrons. The van der Waals surface area contributed by atoms with Crippen LogP contribution in [0, 0.1) is 0 Å². The number of benzene rings is 2. The number of aromatic carboxylic acids is 1. The molecule has 0 aliphatic rings. The van der Waals surface area contributed by atoms with E-state index in [1.54, 1.807) is 12.1 Å². The summed E-state index contributed by atoms with van der Waals surface area (Å²) in [5.74, 6) is -0.600. The van der Waals surface area contributed by atoms with E-state index in [0.717, 1.165) is 5.69 Å². The second-order valence-corrected chi connectivity index (χ2v) is 6.56.